The van der Waals surface area contributed by atoms with Gasteiger partial charge in [0.2, 0.25) is 0 Å². The summed E-state index contributed by atoms with van der Waals surface area (Å²) in [5.74, 6) is 1.65. The van der Waals surface area contributed by atoms with Crippen LogP contribution in [0.3, 0.4) is 0 Å². The monoisotopic (exact) mass is 470 g/mol. The zero-order valence-electron chi connectivity index (χ0n) is 17.1. The van der Waals surface area contributed by atoms with Crippen LogP contribution >= 0.6 is 34.9 Å². The zero-order chi connectivity index (χ0) is 21.9. The lowest BCUT2D eigenvalue weighted by molar-refractivity contribution is -0.118. The van der Waals surface area contributed by atoms with Crippen LogP contribution in [-0.4, -0.2) is 35.2 Å². The summed E-state index contributed by atoms with van der Waals surface area (Å²) in [4.78, 5) is 12.0. The molecular formula is C22H22N4O2S3. The van der Waals surface area contributed by atoms with E-state index >= 15 is 0 Å². The van der Waals surface area contributed by atoms with E-state index in [2.05, 4.69) is 51.9 Å². The van der Waals surface area contributed by atoms with Crippen molar-refractivity contribution in [3.63, 3.8) is 0 Å². The van der Waals surface area contributed by atoms with Crippen molar-refractivity contribution in [3.05, 3.63) is 71.3 Å². The van der Waals surface area contributed by atoms with Gasteiger partial charge in [-0.25, -0.2) is 5.43 Å². The van der Waals surface area contributed by atoms with Crippen molar-refractivity contribution in [1.82, 2.24) is 15.6 Å². The molecule has 2 aromatic carbocycles. The van der Waals surface area contributed by atoms with Crippen molar-refractivity contribution in [2.24, 2.45) is 5.10 Å². The number of para-hydroxylation sites is 1. The molecule has 0 saturated carbocycles. The average molecular weight is 471 g/mol. The summed E-state index contributed by atoms with van der Waals surface area (Å²) in [6.07, 6.45) is 5.13. The summed E-state index contributed by atoms with van der Waals surface area (Å²) in [7, 11) is 1.63. The van der Waals surface area contributed by atoms with Gasteiger partial charge in [-0.15, -0.1) is 10.2 Å². The Balaban J connectivity index is 1.38. The number of aryl methyl sites for hydroxylation is 1. The minimum atomic E-state index is -0.198. The Morgan fingerprint density at radius 3 is 2.65 bits per heavy atom. The first-order valence-corrected chi connectivity index (χ1v) is 12.2. The number of aromatic nitrogens is 2. The maximum absolute atomic E-state index is 12.0. The molecule has 0 radical (unpaired) electrons. The second-order valence-electron chi connectivity index (χ2n) is 6.31. The van der Waals surface area contributed by atoms with Crippen molar-refractivity contribution in [2.45, 2.75) is 21.4 Å². The van der Waals surface area contributed by atoms with Crippen LogP contribution in [0.5, 0.6) is 5.75 Å². The molecule has 0 unspecified atom stereocenters. The minimum Gasteiger partial charge on any atom is -0.496 e. The van der Waals surface area contributed by atoms with Crippen molar-refractivity contribution in [1.29, 1.82) is 0 Å². The molecule has 0 atom stereocenters. The molecule has 0 spiro atoms. The molecule has 1 aromatic heterocycles. The quantitative estimate of drug-likeness (QED) is 0.254. The fraction of sp³-hybridized carbons (Fsp3) is 0.182. The summed E-state index contributed by atoms with van der Waals surface area (Å²) in [6.45, 7) is 2.07. The van der Waals surface area contributed by atoms with Crippen LogP contribution < -0.4 is 10.2 Å². The lowest BCUT2D eigenvalue weighted by Crippen LogP contribution is -2.19. The number of hydrazone groups is 1. The molecule has 1 amide bonds. The number of amides is 1. The van der Waals surface area contributed by atoms with E-state index in [0.717, 1.165) is 25.7 Å². The van der Waals surface area contributed by atoms with Crippen molar-refractivity contribution >= 4 is 53.1 Å². The third kappa shape index (κ3) is 7.86. The maximum atomic E-state index is 12.0. The Hall–Kier alpha value is -2.62. The molecule has 1 N–H and O–H groups in total. The van der Waals surface area contributed by atoms with Crippen molar-refractivity contribution in [2.75, 3.05) is 12.9 Å². The van der Waals surface area contributed by atoms with E-state index in [0.29, 0.717) is 0 Å². The molecule has 0 aliphatic carbocycles. The Bertz CT molecular complexity index is 1050. The molecule has 9 heteroatoms. The average Bonchev–Trinajstić information content (AvgIpc) is 3.25. The van der Waals surface area contributed by atoms with Gasteiger partial charge in [0.05, 0.1) is 12.9 Å². The van der Waals surface area contributed by atoms with E-state index in [1.54, 1.807) is 24.9 Å². The summed E-state index contributed by atoms with van der Waals surface area (Å²) < 4.78 is 6.94. The van der Waals surface area contributed by atoms with Crippen molar-refractivity contribution in [3.8, 4) is 5.75 Å². The van der Waals surface area contributed by atoms with Gasteiger partial charge in [0.15, 0.2) is 8.68 Å². The Labute approximate surface area is 194 Å². The summed E-state index contributed by atoms with van der Waals surface area (Å²) in [6, 6.07) is 16.1. The number of carbonyl (C=O) groups is 1. The lowest BCUT2D eigenvalue weighted by atomic mass is 10.2. The van der Waals surface area contributed by atoms with E-state index in [1.165, 1.54) is 40.4 Å². The van der Waals surface area contributed by atoms with Crippen LogP contribution in [0, 0.1) is 6.92 Å². The Morgan fingerprint density at radius 2 is 1.87 bits per heavy atom. The zero-order valence-corrected chi connectivity index (χ0v) is 19.6. The van der Waals surface area contributed by atoms with Gasteiger partial charge in [-0.05, 0) is 30.7 Å². The normalized spacial score (nSPS) is 11.3. The van der Waals surface area contributed by atoms with E-state index in [9.17, 15) is 4.79 Å². The summed E-state index contributed by atoms with van der Waals surface area (Å²) >= 11 is 4.49. The lowest BCUT2D eigenvalue weighted by Gasteiger charge is -2.02. The number of ether oxygens (including phenoxy) is 1. The molecular weight excluding hydrogens is 448 g/mol. The standard InChI is InChI=1S/C22H22N4O2S3/c1-16-9-11-17(12-10-16)14-29-21-25-26-22(31-21)30-15-20(27)24-23-13-5-7-18-6-3-4-8-19(18)28-2/h3-13H,14-15H2,1-2H3,(H,24,27)/b7-5-,23-13+. The Morgan fingerprint density at radius 1 is 1.13 bits per heavy atom. The van der Waals surface area contributed by atoms with Crippen molar-refractivity contribution < 1.29 is 9.53 Å². The van der Waals surface area contributed by atoms with Gasteiger partial charge in [-0.1, -0.05) is 82.9 Å². The van der Waals surface area contributed by atoms with Crippen LogP contribution in [0.25, 0.3) is 6.08 Å². The first-order chi connectivity index (χ1) is 15.1. The number of allylic oxidation sites excluding steroid dienone is 1. The third-order valence-corrected chi connectivity index (χ3v) is 7.22. The molecule has 1 heterocycles. The van der Waals surface area contributed by atoms with Gasteiger partial charge in [0, 0.05) is 17.5 Å². The number of hydrogen-bond acceptors (Lipinski definition) is 8. The molecule has 0 aliphatic rings. The molecule has 6 nitrogen and oxygen atoms in total. The summed E-state index contributed by atoms with van der Waals surface area (Å²) in [5.41, 5.74) is 5.94. The molecule has 3 rings (SSSR count). The number of rotatable bonds is 10. The number of nitrogens with one attached hydrogen (secondary N) is 1. The van der Waals surface area contributed by atoms with Crippen LogP contribution in [0.4, 0.5) is 0 Å². The van der Waals surface area contributed by atoms with Crippen LogP contribution in [0.1, 0.15) is 16.7 Å². The van der Waals surface area contributed by atoms with Crippen LogP contribution in [0.15, 0.2) is 68.4 Å². The van der Waals surface area contributed by atoms with Gasteiger partial charge >= 0.3 is 0 Å². The van der Waals surface area contributed by atoms with E-state index in [-0.39, 0.29) is 11.7 Å². The number of carbonyl (C=O) groups excluding carboxylic acids is 1. The smallest absolute Gasteiger partial charge is 0.250 e. The molecule has 0 bridgehead atoms. The topological polar surface area (TPSA) is 76.5 Å². The second kappa shape index (κ2) is 12.3. The van der Waals surface area contributed by atoms with Gasteiger partial charge < -0.3 is 4.74 Å². The predicted octanol–water partition coefficient (Wildman–Crippen LogP) is 5.05. The highest BCUT2D eigenvalue weighted by Gasteiger charge is 2.08. The third-order valence-electron chi connectivity index (χ3n) is 3.96. The van der Waals surface area contributed by atoms with E-state index in [1.807, 2.05) is 30.3 Å². The molecule has 160 valence electrons. The highest BCUT2D eigenvalue weighted by molar-refractivity contribution is 8.03. The fourth-order valence-electron chi connectivity index (χ4n) is 2.41. The second-order valence-corrected chi connectivity index (χ2v) is 9.73. The first-order valence-electron chi connectivity index (χ1n) is 9.40. The molecule has 0 saturated heterocycles. The van der Waals surface area contributed by atoms with Gasteiger partial charge in [0.25, 0.3) is 5.91 Å². The fourth-order valence-corrected chi connectivity index (χ4v) is 5.17. The largest absolute Gasteiger partial charge is 0.496 e. The molecule has 0 fully saturated rings. The number of benzene rings is 2. The highest BCUT2D eigenvalue weighted by atomic mass is 32.2. The molecule has 3 aromatic rings. The molecule has 0 aliphatic heterocycles. The van der Waals surface area contributed by atoms with E-state index < -0.39 is 0 Å². The predicted molar refractivity (Wildman–Crippen MR) is 130 cm³/mol. The number of hydrogen-bond donors (Lipinski definition) is 1. The van der Waals surface area contributed by atoms with Crippen LogP contribution in [0.2, 0.25) is 0 Å². The molecule has 31 heavy (non-hydrogen) atoms. The SMILES string of the molecule is COc1ccccc1/C=C\C=N\NC(=O)CSc1nnc(SCc2ccc(C)cc2)s1. The van der Waals surface area contributed by atoms with E-state index in [4.69, 9.17) is 4.74 Å². The van der Waals surface area contributed by atoms with Gasteiger partial charge in [0.1, 0.15) is 5.75 Å². The number of thioether (sulfide) groups is 2. The highest BCUT2D eigenvalue weighted by Crippen LogP contribution is 2.30. The van der Waals surface area contributed by atoms with Gasteiger partial charge in [-0.3, -0.25) is 4.79 Å². The maximum Gasteiger partial charge on any atom is 0.250 e. The number of methoxy groups -OCH3 is 1. The van der Waals surface area contributed by atoms with Crippen LogP contribution in [-0.2, 0) is 10.5 Å². The minimum absolute atomic E-state index is 0.198. The summed E-state index contributed by atoms with van der Waals surface area (Å²) in [5, 5.41) is 12.3. The number of nitrogens with zero attached hydrogens (tertiary/aromatic N) is 3. The van der Waals surface area contributed by atoms with Gasteiger partial charge in [-0.2, -0.15) is 5.10 Å². The Kier molecular flexibility index (Phi) is 9.14. The first kappa shape index (κ1) is 23.1.